The molecule has 0 unspecified atom stereocenters. The van der Waals surface area contributed by atoms with Crippen molar-refractivity contribution in [3.63, 3.8) is 0 Å². The van der Waals surface area contributed by atoms with Crippen molar-refractivity contribution in [3.8, 4) is 0 Å². The summed E-state index contributed by atoms with van der Waals surface area (Å²) in [4.78, 5) is 14.5. The van der Waals surface area contributed by atoms with Gasteiger partial charge in [-0.25, -0.2) is 15.0 Å². The van der Waals surface area contributed by atoms with Crippen LogP contribution >= 0.6 is 0 Å². The van der Waals surface area contributed by atoms with Crippen LogP contribution in [-0.2, 0) is 4.74 Å². The summed E-state index contributed by atoms with van der Waals surface area (Å²) in [5.41, 5.74) is 1.91. The molecular formula is C15H18N4O. The Balaban J connectivity index is 1.99. The fourth-order valence-electron chi connectivity index (χ4n) is 1.65. The SMILES string of the molecule is COCCN(C)c1ccc(C=Cc2ccncn2)cn1. The number of methoxy groups -OCH3 is 1. The fraction of sp³-hybridized carbons (Fsp3) is 0.267. The molecular weight excluding hydrogens is 252 g/mol. The summed E-state index contributed by atoms with van der Waals surface area (Å²) >= 11 is 0. The first-order valence-corrected chi connectivity index (χ1v) is 6.40. The predicted octanol–water partition coefficient (Wildman–Crippen LogP) is 2.12. The lowest BCUT2D eigenvalue weighted by molar-refractivity contribution is 0.206. The minimum atomic E-state index is 0.688. The molecule has 0 saturated heterocycles. The number of anilines is 1. The van der Waals surface area contributed by atoms with E-state index >= 15 is 0 Å². The van der Waals surface area contributed by atoms with E-state index in [0.717, 1.165) is 23.6 Å². The normalized spacial score (nSPS) is 10.9. The third-order valence-electron chi connectivity index (χ3n) is 2.84. The maximum absolute atomic E-state index is 5.05. The molecule has 0 radical (unpaired) electrons. The quantitative estimate of drug-likeness (QED) is 0.804. The number of likely N-dealkylation sites (N-methyl/N-ethyl adjacent to an activating group) is 1. The molecule has 0 bridgehead atoms. The van der Waals surface area contributed by atoms with E-state index in [1.807, 2.05) is 43.6 Å². The van der Waals surface area contributed by atoms with Gasteiger partial charge in [0, 0.05) is 33.1 Å². The molecule has 0 saturated carbocycles. The van der Waals surface area contributed by atoms with Gasteiger partial charge in [0.25, 0.3) is 0 Å². The van der Waals surface area contributed by atoms with E-state index in [9.17, 15) is 0 Å². The maximum atomic E-state index is 5.05. The molecule has 0 spiro atoms. The van der Waals surface area contributed by atoms with Crippen LogP contribution in [0.1, 0.15) is 11.3 Å². The van der Waals surface area contributed by atoms with Gasteiger partial charge in [-0.15, -0.1) is 0 Å². The second-order valence-corrected chi connectivity index (χ2v) is 4.33. The molecule has 0 aliphatic rings. The van der Waals surface area contributed by atoms with E-state index in [1.54, 1.807) is 13.3 Å². The maximum Gasteiger partial charge on any atom is 0.128 e. The first kappa shape index (κ1) is 14.1. The minimum absolute atomic E-state index is 0.688. The molecule has 0 aromatic carbocycles. The second-order valence-electron chi connectivity index (χ2n) is 4.33. The lowest BCUT2D eigenvalue weighted by atomic mass is 10.2. The first-order valence-electron chi connectivity index (χ1n) is 6.40. The average molecular weight is 270 g/mol. The molecule has 20 heavy (non-hydrogen) atoms. The summed E-state index contributed by atoms with van der Waals surface area (Å²) < 4.78 is 5.05. The van der Waals surface area contributed by atoms with Gasteiger partial charge in [-0.1, -0.05) is 6.08 Å². The third-order valence-corrected chi connectivity index (χ3v) is 2.84. The fourth-order valence-corrected chi connectivity index (χ4v) is 1.65. The monoisotopic (exact) mass is 270 g/mol. The van der Waals surface area contributed by atoms with Crippen LogP contribution in [0, 0.1) is 0 Å². The zero-order chi connectivity index (χ0) is 14.2. The molecule has 5 heteroatoms. The topological polar surface area (TPSA) is 51.1 Å². The van der Waals surface area contributed by atoms with E-state index < -0.39 is 0 Å². The molecule has 0 atom stereocenters. The van der Waals surface area contributed by atoms with E-state index in [1.165, 1.54) is 6.33 Å². The molecule has 0 fully saturated rings. The molecule has 2 rings (SSSR count). The molecule has 104 valence electrons. The Labute approximate surface area is 119 Å². The van der Waals surface area contributed by atoms with E-state index in [0.29, 0.717) is 6.61 Å². The minimum Gasteiger partial charge on any atom is -0.383 e. The zero-order valence-corrected chi connectivity index (χ0v) is 11.7. The number of pyridine rings is 1. The number of aromatic nitrogens is 3. The van der Waals surface area contributed by atoms with Gasteiger partial charge in [0.05, 0.1) is 12.3 Å². The van der Waals surface area contributed by atoms with E-state index in [-0.39, 0.29) is 0 Å². The van der Waals surface area contributed by atoms with Gasteiger partial charge < -0.3 is 9.64 Å². The van der Waals surface area contributed by atoms with E-state index in [4.69, 9.17) is 4.74 Å². The van der Waals surface area contributed by atoms with Crippen molar-refractivity contribution in [3.05, 3.63) is 48.2 Å². The Bertz CT molecular complexity index is 540. The highest BCUT2D eigenvalue weighted by molar-refractivity contribution is 5.67. The summed E-state index contributed by atoms with van der Waals surface area (Å²) in [5.74, 6) is 0.932. The highest BCUT2D eigenvalue weighted by Gasteiger charge is 2.00. The lowest BCUT2D eigenvalue weighted by Crippen LogP contribution is -2.22. The van der Waals surface area contributed by atoms with Crippen molar-refractivity contribution in [1.29, 1.82) is 0 Å². The van der Waals surface area contributed by atoms with Gasteiger partial charge in [-0.05, 0) is 29.8 Å². The Morgan fingerprint density at radius 1 is 1.20 bits per heavy atom. The molecule has 5 nitrogen and oxygen atoms in total. The van der Waals surface area contributed by atoms with Crippen molar-refractivity contribution >= 4 is 18.0 Å². The van der Waals surface area contributed by atoms with Gasteiger partial charge >= 0.3 is 0 Å². The van der Waals surface area contributed by atoms with E-state index in [2.05, 4.69) is 19.9 Å². The summed E-state index contributed by atoms with van der Waals surface area (Å²) in [6, 6.07) is 5.88. The second kappa shape index (κ2) is 7.35. The van der Waals surface area contributed by atoms with Crippen molar-refractivity contribution < 1.29 is 4.74 Å². The number of ether oxygens (including phenoxy) is 1. The van der Waals surface area contributed by atoms with Crippen LogP contribution in [0.4, 0.5) is 5.82 Å². The summed E-state index contributed by atoms with van der Waals surface area (Å²) in [5, 5.41) is 0. The first-order chi connectivity index (χ1) is 9.79. The molecule has 0 aliphatic carbocycles. The van der Waals surface area contributed by atoms with Crippen LogP contribution in [0.3, 0.4) is 0 Å². The van der Waals surface area contributed by atoms with Crippen LogP contribution in [0.15, 0.2) is 36.9 Å². The third kappa shape index (κ3) is 4.13. The van der Waals surface area contributed by atoms with Gasteiger partial charge in [-0.2, -0.15) is 0 Å². The van der Waals surface area contributed by atoms with Crippen LogP contribution in [0.5, 0.6) is 0 Å². The van der Waals surface area contributed by atoms with Crippen molar-refractivity contribution in [2.24, 2.45) is 0 Å². The average Bonchev–Trinajstić information content (AvgIpc) is 2.52. The number of hydrogen-bond donors (Lipinski definition) is 0. The Kier molecular flexibility index (Phi) is 5.20. The molecule has 0 N–H and O–H groups in total. The molecule has 2 aromatic heterocycles. The van der Waals surface area contributed by atoms with Gasteiger partial charge in [0.1, 0.15) is 12.1 Å². The Hall–Kier alpha value is -2.27. The highest BCUT2D eigenvalue weighted by Crippen LogP contribution is 2.11. The standard InChI is InChI=1S/C15H18N4O/c1-19(9-10-20-2)15-6-4-13(11-17-15)3-5-14-7-8-16-12-18-14/h3-8,11-12H,9-10H2,1-2H3. The molecule has 0 aliphatic heterocycles. The van der Waals surface area contributed by atoms with Crippen LogP contribution < -0.4 is 4.90 Å². The lowest BCUT2D eigenvalue weighted by Gasteiger charge is -2.17. The predicted molar refractivity (Wildman–Crippen MR) is 80.3 cm³/mol. The van der Waals surface area contributed by atoms with Gasteiger partial charge in [-0.3, -0.25) is 0 Å². The highest BCUT2D eigenvalue weighted by atomic mass is 16.5. The Morgan fingerprint density at radius 2 is 2.10 bits per heavy atom. The van der Waals surface area contributed by atoms with Gasteiger partial charge in [0.15, 0.2) is 0 Å². The summed E-state index contributed by atoms with van der Waals surface area (Å²) in [6.07, 6.45) is 9.02. The molecule has 2 aromatic rings. The van der Waals surface area contributed by atoms with Crippen LogP contribution in [0.2, 0.25) is 0 Å². The molecule has 0 amide bonds. The summed E-state index contributed by atoms with van der Waals surface area (Å²) in [6.45, 7) is 1.51. The molecule has 2 heterocycles. The largest absolute Gasteiger partial charge is 0.383 e. The van der Waals surface area contributed by atoms with Gasteiger partial charge in [0.2, 0.25) is 0 Å². The Morgan fingerprint density at radius 3 is 2.75 bits per heavy atom. The number of hydrogen-bond acceptors (Lipinski definition) is 5. The van der Waals surface area contributed by atoms with Crippen molar-refractivity contribution in [1.82, 2.24) is 15.0 Å². The van der Waals surface area contributed by atoms with Crippen molar-refractivity contribution in [2.45, 2.75) is 0 Å². The number of nitrogens with zero attached hydrogens (tertiary/aromatic N) is 4. The van der Waals surface area contributed by atoms with Crippen molar-refractivity contribution in [2.75, 3.05) is 32.2 Å². The summed E-state index contributed by atoms with van der Waals surface area (Å²) in [7, 11) is 3.69. The smallest absolute Gasteiger partial charge is 0.128 e. The number of rotatable bonds is 6. The zero-order valence-electron chi connectivity index (χ0n) is 11.7. The van der Waals surface area contributed by atoms with Crippen LogP contribution in [-0.4, -0.2) is 42.3 Å². The van der Waals surface area contributed by atoms with Crippen LogP contribution in [0.25, 0.3) is 12.2 Å².